The number of hydrogen-bond donors (Lipinski definition) is 3. The minimum Gasteiger partial charge on any atom is -0.478 e. The van der Waals surface area contributed by atoms with Gasteiger partial charge in [-0.1, -0.05) is 24.3 Å². The molecular weight excluding hydrogens is 338 g/mol. The summed E-state index contributed by atoms with van der Waals surface area (Å²) in [4.78, 5) is 24.1. The molecule has 4 N–H and O–H groups in total. The predicted molar refractivity (Wildman–Crippen MR) is 91.8 cm³/mol. The normalized spacial score (nSPS) is 10.9. The Morgan fingerprint density at radius 3 is 2.58 bits per heavy atom. The van der Waals surface area contributed by atoms with Crippen LogP contribution in [0.1, 0.15) is 20.8 Å². The molecule has 4 rings (SSSR count). The number of amides is 1. The molecule has 0 aliphatic heterocycles. The van der Waals surface area contributed by atoms with Gasteiger partial charge in [0.15, 0.2) is 5.69 Å². The Labute approximate surface area is 145 Å². The number of tetrazole rings is 1. The minimum atomic E-state index is -1.16. The maximum Gasteiger partial charge on any atom is 0.337 e. The van der Waals surface area contributed by atoms with E-state index >= 15 is 0 Å². The van der Waals surface area contributed by atoms with Gasteiger partial charge in [0, 0.05) is 0 Å². The number of carboxylic acids is 1. The zero-order valence-corrected chi connectivity index (χ0v) is 13.1. The lowest BCUT2D eigenvalue weighted by Crippen LogP contribution is -2.18. The van der Waals surface area contributed by atoms with Crippen LogP contribution in [-0.2, 0) is 0 Å². The fourth-order valence-corrected chi connectivity index (χ4v) is 2.58. The van der Waals surface area contributed by atoms with E-state index in [0.717, 1.165) is 15.4 Å². The highest BCUT2D eigenvalue weighted by Crippen LogP contribution is 2.25. The molecule has 0 unspecified atom stereocenters. The molecule has 0 bridgehead atoms. The van der Waals surface area contributed by atoms with Crippen LogP contribution in [0, 0.1) is 0 Å². The number of nitrogens with one attached hydrogen (secondary N) is 1. The van der Waals surface area contributed by atoms with E-state index in [0.29, 0.717) is 0 Å². The maximum absolute atomic E-state index is 12.5. The second-order valence-corrected chi connectivity index (χ2v) is 5.48. The second-order valence-electron chi connectivity index (χ2n) is 5.48. The number of fused-ring (bicyclic) bond motifs is 2. The van der Waals surface area contributed by atoms with Crippen molar-refractivity contribution in [1.82, 2.24) is 25.3 Å². The molecule has 0 saturated heterocycles. The molecule has 128 valence electrons. The molecule has 4 aromatic rings. The Morgan fingerprint density at radius 1 is 1.12 bits per heavy atom. The van der Waals surface area contributed by atoms with E-state index in [1.54, 1.807) is 18.2 Å². The van der Waals surface area contributed by atoms with Crippen LogP contribution in [0.5, 0.6) is 0 Å². The lowest BCUT2D eigenvalue weighted by atomic mass is 10.0. The lowest BCUT2D eigenvalue weighted by molar-refractivity contribution is 0.0698. The number of aromatic nitrogens is 5. The van der Waals surface area contributed by atoms with Gasteiger partial charge in [-0.3, -0.25) is 4.79 Å². The molecule has 0 radical (unpaired) electrons. The first kappa shape index (κ1) is 15.4. The molecule has 0 saturated carbocycles. The monoisotopic (exact) mass is 349 g/mol. The summed E-state index contributed by atoms with van der Waals surface area (Å²) >= 11 is 0. The van der Waals surface area contributed by atoms with Gasteiger partial charge in [-0.15, -0.1) is 14.8 Å². The van der Waals surface area contributed by atoms with Gasteiger partial charge in [0.1, 0.15) is 0 Å². The standard InChI is InChI=1S/C16H11N7O3/c17-11-7-13(20-23-14(11)19-21-22-23)15(24)18-12-6-9-4-2-1-3-8(9)5-10(12)16(25)26/h1-7H,17H2,(H,18,24)(H,25,26). The number of benzene rings is 2. The average molecular weight is 349 g/mol. The summed E-state index contributed by atoms with van der Waals surface area (Å²) < 4.78 is 1.03. The molecule has 0 spiro atoms. The van der Waals surface area contributed by atoms with Crippen LogP contribution in [0.25, 0.3) is 16.4 Å². The highest BCUT2D eigenvalue weighted by Gasteiger charge is 2.17. The first-order valence-corrected chi connectivity index (χ1v) is 7.45. The molecular formula is C16H11N7O3. The smallest absolute Gasteiger partial charge is 0.337 e. The van der Waals surface area contributed by atoms with Crippen molar-refractivity contribution < 1.29 is 14.7 Å². The molecule has 2 aromatic heterocycles. The minimum absolute atomic E-state index is 0.0338. The SMILES string of the molecule is Nc1cc(C(=O)Nc2cc3ccccc3cc2C(=O)O)nn2nnnc12. The van der Waals surface area contributed by atoms with Crippen molar-refractivity contribution in [1.29, 1.82) is 0 Å². The molecule has 10 heteroatoms. The van der Waals surface area contributed by atoms with Gasteiger partial charge < -0.3 is 16.2 Å². The topological polar surface area (TPSA) is 148 Å². The van der Waals surface area contributed by atoms with Gasteiger partial charge >= 0.3 is 5.97 Å². The number of rotatable bonds is 3. The second kappa shape index (κ2) is 5.77. The van der Waals surface area contributed by atoms with Crippen molar-refractivity contribution >= 4 is 39.7 Å². The number of nitrogen functional groups attached to an aromatic ring is 1. The number of nitrogens with two attached hydrogens (primary N) is 1. The average Bonchev–Trinajstić information content (AvgIpc) is 3.10. The number of carbonyl (C=O) groups excluding carboxylic acids is 1. The number of carboxylic acid groups (broad SMARTS) is 1. The van der Waals surface area contributed by atoms with Gasteiger partial charge in [-0.05, 0) is 39.4 Å². The number of hydrogen-bond acceptors (Lipinski definition) is 7. The summed E-state index contributed by atoms with van der Waals surface area (Å²) in [5, 5.41) is 28.2. The Hall–Kier alpha value is -4.08. The van der Waals surface area contributed by atoms with Crippen LogP contribution >= 0.6 is 0 Å². The van der Waals surface area contributed by atoms with E-state index in [1.807, 2.05) is 12.1 Å². The molecule has 0 fully saturated rings. The molecule has 0 aliphatic carbocycles. The number of anilines is 2. The molecule has 2 heterocycles. The predicted octanol–water partition coefficient (Wildman–Crippen LogP) is 1.21. The quantitative estimate of drug-likeness (QED) is 0.499. The molecule has 10 nitrogen and oxygen atoms in total. The van der Waals surface area contributed by atoms with Gasteiger partial charge in [-0.25, -0.2) is 4.79 Å². The molecule has 0 atom stereocenters. The van der Waals surface area contributed by atoms with Crippen molar-refractivity contribution in [3.63, 3.8) is 0 Å². The molecule has 1 amide bonds. The zero-order valence-electron chi connectivity index (χ0n) is 13.1. The largest absolute Gasteiger partial charge is 0.478 e. The molecule has 26 heavy (non-hydrogen) atoms. The van der Waals surface area contributed by atoms with Gasteiger partial charge in [0.2, 0.25) is 5.65 Å². The Bertz CT molecular complexity index is 1190. The van der Waals surface area contributed by atoms with E-state index in [1.165, 1.54) is 12.1 Å². The van der Waals surface area contributed by atoms with Crippen molar-refractivity contribution in [2.75, 3.05) is 11.1 Å². The number of aromatic carboxylic acids is 1. The Balaban J connectivity index is 1.76. The van der Waals surface area contributed by atoms with E-state index in [2.05, 4.69) is 25.9 Å². The van der Waals surface area contributed by atoms with E-state index in [-0.39, 0.29) is 28.3 Å². The first-order chi connectivity index (χ1) is 12.5. The van der Waals surface area contributed by atoms with E-state index in [4.69, 9.17) is 5.73 Å². The lowest BCUT2D eigenvalue weighted by Gasteiger charge is -2.10. The number of nitrogens with zero attached hydrogens (tertiary/aromatic N) is 5. The van der Waals surface area contributed by atoms with Gasteiger partial charge in [-0.2, -0.15) is 0 Å². The Kier molecular flexibility index (Phi) is 3.43. The van der Waals surface area contributed by atoms with Crippen LogP contribution in [0.3, 0.4) is 0 Å². The van der Waals surface area contributed by atoms with Crippen LogP contribution in [0.2, 0.25) is 0 Å². The fourth-order valence-electron chi connectivity index (χ4n) is 2.58. The van der Waals surface area contributed by atoms with Crippen LogP contribution in [-0.4, -0.2) is 42.2 Å². The summed E-state index contributed by atoms with van der Waals surface area (Å²) in [6, 6.07) is 11.7. The van der Waals surface area contributed by atoms with Crippen molar-refractivity contribution in [3.05, 3.63) is 53.7 Å². The van der Waals surface area contributed by atoms with Gasteiger partial charge in [0.25, 0.3) is 5.91 Å². The third kappa shape index (κ3) is 2.55. The van der Waals surface area contributed by atoms with Gasteiger partial charge in [0.05, 0.1) is 16.9 Å². The van der Waals surface area contributed by atoms with Crippen LogP contribution < -0.4 is 11.1 Å². The summed E-state index contributed by atoms with van der Waals surface area (Å²) in [5.74, 6) is -1.79. The summed E-state index contributed by atoms with van der Waals surface area (Å²) in [5.41, 5.74) is 6.27. The highest BCUT2D eigenvalue weighted by molar-refractivity contribution is 6.09. The summed E-state index contributed by atoms with van der Waals surface area (Å²) in [7, 11) is 0. The highest BCUT2D eigenvalue weighted by atomic mass is 16.4. The summed E-state index contributed by atoms with van der Waals surface area (Å²) in [6.07, 6.45) is 0. The molecule has 0 aliphatic rings. The third-order valence-corrected chi connectivity index (χ3v) is 3.80. The summed E-state index contributed by atoms with van der Waals surface area (Å²) in [6.45, 7) is 0. The van der Waals surface area contributed by atoms with Crippen LogP contribution in [0.4, 0.5) is 11.4 Å². The maximum atomic E-state index is 12.5. The van der Waals surface area contributed by atoms with Crippen LogP contribution in [0.15, 0.2) is 42.5 Å². The number of carbonyl (C=O) groups is 2. The Morgan fingerprint density at radius 2 is 1.85 bits per heavy atom. The van der Waals surface area contributed by atoms with Crippen molar-refractivity contribution in [2.24, 2.45) is 0 Å². The zero-order chi connectivity index (χ0) is 18.3. The first-order valence-electron chi connectivity index (χ1n) is 7.45. The van der Waals surface area contributed by atoms with E-state index < -0.39 is 11.9 Å². The van der Waals surface area contributed by atoms with Crippen molar-refractivity contribution in [3.8, 4) is 0 Å². The fraction of sp³-hybridized carbons (Fsp3) is 0. The third-order valence-electron chi connectivity index (χ3n) is 3.80. The van der Waals surface area contributed by atoms with E-state index in [9.17, 15) is 14.7 Å². The van der Waals surface area contributed by atoms with Crippen molar-refractivity contribution in [2.45, 2.75) is 0 Å². The molecule has 2 aromatic carbocycles.